The molecule has 0 aliphatic heterocycles. The summed E-state index contributed by atoms with van der Waals surface area (Å²) in [4.78, 5) is 13.5. The van der Waals surface area contributed by atoms with E-state index in [1.165, 1.54) is 11.0 Å². The Balaban J connectivity index is 1.75. The number of amides is 2. The normalized spacial score (nSPS) is 10.5. The highest BCUT2D eigenvalue weighted by molar-refractivity contribution is 5.88. The maximum absolute atomic E-state index is 13.4. The first-order valence-corrected chi connectivity index (χ1v) is 7.51. The summed E-state index contributed by atoms with van der Waals surface area (Å²) in [6.45, 7) is 1.66. The summed E-state index contributed by atoms with van der Waals surface area (Å²) in [5.74, 6) is -0.251. The molecule has 1 aromatic heterocycles. The smallest absolute Gasteiger partial charge is 0.321 e. The lowest BCUT2D eigenvalue weighted by molar-refractivity contribution is 0.183. The van der Waals surface area contributed by atoms with E-state index in [-0.39, 0.29) is 18.4 Å². The highest BCUT2D eigenvalue weighted by Gasteiger charge is 2.10. The molecule has 1 heterocycles. The van der Waals surface area contributed by atoms with Crippen LogP contribution in [0.3, 0.4) is 0 Å². The number of aromatic nitrogens is 2. The molecule has 0 saturated heterocycles. The number of hydrogen-bond acceptors (Lipinski definition) is 4. The van der Waals surface area contributed by atoms with Crippen LogP contribution in [0.5, 0.6) is 5.75 Å². The van der Waals surface area contributed by atoms with Crippen LogP contribution in [0.15, 0.2) is 36.7 Å². The van der Waals surface area contributed by atoms with Crippen molar-refractivity contribution in [3.05, 3.63) is 42.5 Å². The second-order valence-electron chi connectivity index (χ2n) is 5.12. The van der Waals surface area contributed by atoms with E-state index in [2.05, 4.69) is 10.4 Å². The predicted molar refractivity (Wildman–Crippen MR) is 87.6 cm³/mol. The third-order valence-electron chi connectivity index (χ3n) is 3.28. The Morgan fingerprint density at radius 2 is 2.17 bits per heavy atom. The first kappa shape index (κ1) is 17.7. The number of nitrogens with one attached hydrogen (secondary N) is 1. The zero-order valence-corrected chi connectivity index (χ0v) is 13.7. The van der Waals surface area contributed by atoms with E-state index in [1.807, 2.05) is 0 Å². The standard InChI is InChI=1S/C16H21FN4O3/c1-20(7-10-24-15-6-4-3-5-14(15)17)16(22)19-13-11-18-21(12-13)8-9-23-2/h3-6,11-12H,7-10H2,1-2H3,(H,19,22). The Morgan fingerprint density at radius 1 is 1.38 bits per heavy atom. The van der Waals surface area contributed by atoms with Gasteiger partial charge in [0.05, 0.1) is 31.6 Å². The third-order valence-corrected chi connectivity index (χ3v) is 3.28. The summed E-state index contributed by atoms with van der Waals surface area (Å²) in [6, 6.07) is 5.86. The molecular weight excluding hydrogens is 315 g/mol. The van der Waals surface area contributed by atoms with E-state index in [4.69, 9.17) is 9.47 Å². The van der Waals surface area contributed by atoms with E-state index in [0.29, 0.717) is 25.4 Å². The number of nitrogens with zero attached hydrogens (tertiary/aromatic N) is 3. The van der Waals surface area contributed by atoms with Crippen LogP contribution < -0.4 is 10.1 Å². The maximum atomic E-state index is 13.4. The molecule has 0 aliphatic carbocycles. The minimum atomic E-state index is -0.423. The summed E-state index contributed by atoms with van der Waals surface area (Å²) in [6.07, 6.45) is 3.29. The number of halogens is 1. The monoisotopic (exact) mass is 336 g/mol. The fraction of sp³-hybridized carbons (Fsp3) is 0.375. The van der Waals surface area contributed by atoms with Crippen molar-refractivity contribution in [1.82, 2.24) is 14.7 Å². The summed E-state index contributed by atoms with van der Waals surface area (Å²) in [5, 5.41) is 6.85. The van der Waals surface area contributed by atoms with E-state index in [1.54, 1.807) is 49.4 Å². The summed E-state index contributed by atoms with van der Waals surface area (Å²) < 4.78 is 25.4. The second-order valence-corrected chi connectivity index (χ2v) is 5.12. The minimum absolute atomic E-state index is 0.172. The van der Waals surface area contributed by atoms with Crippen LogP contribution >= 0.6 is 0 Å². The fourth-order valence-electron chi connectivity index (χ4n) is 1.91. The maximum Gasteiger partial charge on any atom is 0.321 e. The Labute approximate surface area is 140 Å². The lowest BCUT2D eigenvalue weighted by Gasteiger charge is -2.17. The number of rotatable bonds is 8. The molecule has 0 aliphatic rings. The largest absolute Gasteiger partial charge is 0.489 e. The molecule has 0 atom stereocenters. The van der Waals surface area contributed by atoms with Crippen molar-refractivity contribution in [3.63, 3.8) is 0 Å². The fourth-order valence-corrected chi connectivity index (χ4v) is 1.91. The zero-order chi connectivity index (χ0) is 17.4. The van der Waals surface area contributed by atoms with Gasteiger partial charge in [-0.1, -0.05) is 12.1 Å². The predicted octanol–water partition coefficient (Wildman–Crippen LogP) is 2.21. The number of carbonyl (C=O) groups excluding carboxylic acids is 1. The van der Waals surface area contributed by atoms with Gasteiger partial charge in [-0.3, -0.25) is 4.68 Å². The highest BCUT2D eigenvalue weighted by atomic mass is 19.1. The highest BCUT2D eigenvalue weighted by Crippen LogP contribution is 2.15. The van der Waals surface area contributed by atoms with Crippen LogP contribution in [-0.4, -0.2) is 54.6 Å². The van der Waals surface area contributed by atoms with Crippen molar-refractivity contribution >= 4 is 11.7 Å². The van der Waals surface area contributed by atoms with Gasteiger partial charge in [-0.05, 0) is 12.1 Å². The van der Waals surface area contributed by atoms with Crippen LogP contribution in [0.25, 0.3) is 0 Å². The van der Waals surface area contributed by atoms with Gasteiger partial charge >= 0.3 is 6.03 Å². The molecule has 7 nitrogen and oxygen atoms in total. The molecule has 0 fully saturated rings. The van der Waals surface area contributed by atoms with E-state index >= 15 is 0 Å². The average molecular weight is 336 g/mol. The Hall–Kier alpha value is -2.61. The topological polar surface area (TPSA) is 68.6 Å². The number of urea groups is 1. The molecule has 1 aromatic carbocycles. The molecule has 130 valence electrons. The van der Waals surface area contributed by atoms with Gasteiger partial charge in [0, 0.05) is 20.4 Å². The van der Waals surface area contributed by atoms with Gasteiger partial charge in [0.25, 0.3) is 0 Å². The molecule has 0 bridgehead atoms. The summed E-state index contributed by atoms with van der Waals surface area (Å²) >= 11 is 0. The first-order chi connectivity index (χ1) is 11.6. The van der Waals surface area contributed by atoms with Gasteiger partial charge in [0.2, 0.25) is 0 Å². The van der Waals surface area contributed by atoms with Crippen molar-refractivity contribution < 1.29 is 18.7 Å². The van der Waals surface area contributed by atoms with Gasteiger partial charge in [0.1, 0.15) is 6.61 Å². The van der Waals surface area contributed by atoms with Crippen LogP contribution in [0, 0.1) is 5.82 Å². The number of likely N-dealkylation sites (N-methyl/N-ethyl adjacent to an activating group) is 1. The van der Waals surface area contributed by atoms with Crippen molar-refractivity contribution in [3.8, 4) is 5.75 Å². The molecule has 8 heteroatoms. The van der Waals surface area contributed by atoms with E-state index in [0.717, 1.165) is 0 Å². The Bertz CT molecular complexity index is 662. The van der Waals surface area contributed by atoms with Crippen LogP contribution in [0.4, 0.5) is 14.9 Å². The summed E-state index contributed by atoms with van der Waals surface area (Å²) in [5.41, 5.74) is 0.595. The molecule has 0 radical (unpaired) electrons. The van der Waals surface area contributed by atoms with Crippen LogP contribution in [0.2, 0.25) is 0 Å². The van der Waals surface area contributed by atoms with Crippen molar-refractivity contribution in [2.24, 2.45) is 0 Å². The third kappa shape index (κ3) is 5.24. The number of anilines is 1. The van der Waals surface area contributed by atoms with Crippen molar-refractivity contribution in [2.75, 3.05) is 39.2 Å². The Kier molecular flexibility index (Phi) is 6.56. The number of para-hydroxylation sites is 1. The molecule has 2 rings (SSSR count). The van der Waals surface area contributed by atoms with E-state index in [9.17, 15) is 9.18 Å². The van der Waals surface area contributed by atoms with E-state index < -0.39 is 5.82 Å². The lowest BCUT2D eigenvalue weighted by Crippen LogP contribution is -2.34. The van der Waals surface area contributed by atoms with Crippen molar-refractivity contribution in [1.29, 1.82) is 0 Å². The molecular formula is C16H21FN4O3. The number of ether oxygens (including phenoxy) is 2. The van der Waals surface area contributed by atoms with Gasteiger partial charge in [0.15, 0.2) is 11.6 Å². The van der Waals surface area contributed by atoms with Gasteiger partial charge in [-0.15, -0.1) is 0 Å². The number of benzene rings is 1. The molecule has 0 unspecified atom stereocenters. The van der Waals surface area contributed by atoms with Gasteiger partial charge < -0.3 is 19.7 Å². The quantitative estimate of drug-likeness (QED) is 0.802. The Morgan fingerprint density at radius 3 is 2.92 bits per heavy atom. The molecule has 2 amide bonds. The molecule has 24 heavy (non-hydrogen) atoms. The first-order valence-electron chi connectivity index (χ1n) is 7.51. The summed E-state index contributed by atoms with van der Waals surface area (Å²) in [7, 11) is 3.25. The van der Waals surface area contributed by atoms with Crippen molar-refractivity contribution in [2.45, 2.75) is 6.54 Å². The van der Waals surface area contributed by atoms with Gasteiger partial charge in [-0.2, -0.15) is 5.10 Å². The molecule has 1 N–H and O–H groups in total. The number of hydrogen-bond donors (Lipinski definition) is 1. The zero-order valence-electron chi connectivity index (χ0n) is 13.7. The SMILES string of the molecule is COCCn1cc(NC(=O)N(C)CCOc2ccccc2F)cn1. The molecule has 0 spiro atoms. The second kappa shape index (κ2) is 8.88. The molecule has 0 saturated carbocycles. The minimum Gasteiger partial charge on any atom is -0.489 e. The van der Waals surface area contributed by atoms with Crippen LogP contribution in [-0.2, 0) is 11.3 Å². The average Bonchev–Trinajstić information content (AvgIpc) is 3.02. The van der Waals surface area contributed by atoms with Crippen LogP contribution in [0.1, 0.15) is 0 Å². The number of carbonyl (C=O) groups is 1. The number of methoxy groups -OCH3 is 1. The van der Waals surface area contributed by atoms with Gasteiger partial charge in [-0.25, -0.2) is 9.18 Å². The lowest BCUT2D eigenvalue weighted by atomic mass is 10.3. The molecule has 2 aromatic rings.